The van der Waals surface area contributed by atoms with Crippen molar-refractivity contribution in [2.45, 2.75) is 25.0 Å². The summed E-state index contributed by atoms with van der Waals surface area (Å²) in [6, 6.07) is 16.0. The summed E-state index contributed by atoms with van der Waals surface area (Å²) in [5.74, 6) is 0. The van der Waals surface area contributed by atoms with E-state index in [1.807, 2.05) is 36.4 Å². The summed E-state index contributed by atoms with van der Waals surface area (Å²) in [7, 11) is 2.10. The minimum atomic E-state index is -0.624. The second-order valence-electron chi connectivity index (χ2n) is 5.86. The lowest BCUT2D eigenvalue weighted by Gasteiger charge is -2.20. The summed E-state index contributed by atoms with van der Waals surface area (Å²) in [5, 5.41) is 10.5. The van der Waals surface area contributed by atoms with Gasteiger partial charge < -0.3 is 15.7 Å². The number of aliphatic hydroxyl groups is 1. The molecular formula is C18H22N2O. The van der Waals surface area contributed by atoms with Crippen molar-refractivity contribution in [2.75, 3.05) is 18.5 Å². The highest BCUT2D eigenvalue weighted by atomic mass is 16.3. The normalized spacial score (nSPS) is 16.6. The Morgan fingerprint density at radius 3 is 2.71 bits per heavy atom. The predicted molar refractivity (Wildman–Crippen MR) is 86.5 cm³/mol. The van der Waals surface area contributed by atoms with Gasteiger partial charge in [-0.1, -0.05) is 42.5 Å². The van der Waals surface area contributed by atoms with Crippen LogP contribution in [-0.2, 0) is 12.8 Å². The van der Waals surface area contributed by atoms with Gasteiger partial charge in [-0.3, -0.25) is 0 Å². The zero-order chi connectivity index (χ0) is 14.8. The second kappa shape index (κ2) is 5.88. The van der Waals surface area contributed by atoms with E-state index < -0.39 is 6.10 Å². The monoisotopic (exact) mass is 282 g/mol. The Hall–Kier alpha value is -1.84. The van der Waals surface area contributed by atoms with Crippen LogP contribution >= 0.6 is 0 Å². The highest BCUT2D eigenvalue weighted by Gasteiger charge is 2.21. The highest BCUT2D eigenvalue weighted by molar-refractivity contribution is 5.58. The van der Waals surface area contributed by atoms with Gasteiger partial charge in [0.25, 0.3) is 0 Å². The van der Waals surface area contributed by atoms with Crippen LogP contribution in [0.4, 0.5) is 5.69 Å². The molecule has 3 heteroatoms. The molecule has 0 aromatic heterocycles. The molecule has 0 saturated heterocycles. The van der Waals surface area contributed by atoms with E-state index >= 15 is 0 Å². The maximum atomic E-state index is 10.5. The van der Waals surface area contributed by atoms with Gasteiger partial charge >= 0.3 is 0 Å². The number of nitrogens with zero attached hydrogens (tertiary/aromatic N) is 1. The molecule has 0 amide bonds. The van der Waals surface area contributed by atoms with Gasteiger partial charge in [0, 0.05) is 25.3 Å². The largest absolute Gasteiger partial charge is 0.387 e. The molecule has 0 bridgehead atoms. The molecule has 1 aliphatic heterocycles. The Labute approximate surface area is 126 Å². The molecule has 1 heterocycles. The van der Waals surface area contributed by atoms with Crippen molar-refractivity contribution >= 4 is 5.69 Å². The number of hydrogen-bond donors (Lipinski definition) is 2. The third kappa shape index (κ3) is 2.94. The van der Waals surface area contributed by atoms with E-state index in [1.54, 1.807) is 0 Å². The number of nitrogens with two attached hydrogens (primary N) is 1. The Kier molecular flexibility index (Phi) is 3.95. The molecule has 0 radical (unpaired) electrons. The van der Waals surface area contributed by atoms with Crippen LogP contribution in [0.3, 0.4) is 0 Å². The van der Waals surface area contributed by atoms with Gasteiger partial charge in [0.2, 0.25) is 0 Å². The van der Waals surface area contributed by atoms with Crippen LogP contribution in [0.2, 0.25) is 0 Å². The third-order valence-electron chi connectivity index (χ3n) is 4.29. The highest BCUT2D eigenvalue weighted by Crippen LogP contribution is 2.30. The topological polar surface area (TPSA) is 49.5 Å². The molecule has 0 aliphatic carbocycles. The molecule has 2 unspecified atom stereocenters. The Balaban J connectivity index is 1.74. The van der Waals surface area contributed by atoms with Gasteiger partial charge in [0.05, 0.1) is 6.10 Å². The maximum absolute atomic E-state index is 10.5. The van der Waals surface area contributed by atoms with Crippen LogP contribution in [0, 0.1) is 0 Å². The SMILES string of the molecule is CN1CCc2cc(C(O)C(N)Cc3ccccc3)ccc21. The quantitative estimate of drug-likeness (QED) is 0.904. The van der Waals surface area contributed by atoms with Gasteiger partial charge in [-0.05, 0) is 35.6 Å². The number of anilines is 1. The maximum Gasteiger partial charge on any atom is 0.0944 e. The standard InChI is InChI=1S/C18H22N2O/c1-20-10-9-14-12-15(7-8-17(14)20)18(21)16(19)11-13-5-3-2-4-6-13/h2-8,12,16,18,21H,9-11,19H2,1H3. The summed E-state index contributed by atoms with van der Waals surface area (Å²) in [5.41, 5.74) is 10.8. The lowest BCUT2D eigenvalue weighted by Crippen LogP contribution is -2.30. The zero-order valence-corrected chi connectivity index (χ0v) is 12.4. The number of rotatable bonds is 4. The van der Waals surface area contributed by atoms with Gasteiger partial charge in [0.15, 0.2) is 0 Å². The first-order valence-electron chi connectivity index (χ1n) is 7.46. The summed E-state index contributed by atoms with van der Waals surface area (Å²) in [6.07, 6.45) is 1.10. The van der Waals surface area contributed by atoms with Crippen molar-refractivity contribution in [1.82, 2.24) is 0 Å². The minimum Gasteiger partial charge on any atom is -0.387 e. The molecule has 0 spiro atoms. The van der Waals surface area contributed by atoms with Crippen molar-refractivity contribution in [3.63, 3.8) is 0 Å². The number of benzene rings is 2. The van der Waals surface area contributed by atoms with Crippen LogP contribution < -0.4 is 10.6 Å². The van der Waals surface area contributed by atoms with Crippen LogP contribution in [0.5, 0.6) is 0 Å². The Morgan fingerprint density at radius 2 is 1.95 bits per heavy atom. The summed E-state index contributed by atoms with van der Waals surface area (Å²) in [6.45, 7) is 1.05. The van der Waals surface area contributed by atoms with Crippen LogP contribution in [-0.4, -0.2) is 24.7 Å². The Morgan fingerprint density at radius 1 is 1.19 bits per heavy atom. The van der Waals surface area contributed by atoms with Gasteiger partial charge in [0.1, 0.15) is 0 Å². The predicted octanol–water partition coefficient (Wildman–Crippen LogP) is 2.28. The van der Waals surface area contributed by atoms with Crippen molar-refractivity contribution in [3.8, 4) is 0 Å². The number of aliphatic hydroxyl groups excluding tert-OH is 1. The molecule has 1 aliphatic rings. The van der Waals surface area contributed by atoms with E-state index in [0.29, 0.717) is 6.42 Å². The average molecular weight is 282 g/mol. The fourth-order valence-electron chi connectivity index (χ4n) is 3.02. The fourth-order valence-corrected chi connectivity index (χ4v) is 3.02. The van der Waals surface area contributed by atoms with E-state index in [2.05, 4.69) is 24.1 Å². The first kappa shape index (κ1) is 14.1. The average Bonchev–Trinajstić information content (AvgIpc) is 2.88. The minimum absolute atomic E-state index is 0.287. The molecule has 3 rings (SSSR count). The number of fused-ring (bicyclic) bond motifs is 1. The van der Waals surface area contributed by atoms with E-state index in [0.717, 1.165) is 24.1 Å². The Bertz CT molecular complexity index is 612. The molecule has 2 atom stereocenters. The lowest BCUT2D eigenvalue weighted by atomic mass is 9.95. The van der Waals surface area contributed by atoms with Crippen LogP contribution in [0.15, 0.2) is 48.5 Å². The van der Waals surface area contributed by atoms with E-state index in [9.17, 15) is 5.11 Å². The van der Waals surface area contributed by atoms with Crippen LogP contribution in [0.25, 0.3) is 0 Å². The van der Waals surface area contributed by atoms with E-state index in [4.69, 9.17) is 5.73 Å². The molecule has 3 nitrogen and oxygen atoms in total. The lowest BCUT2D eigenvalue weighted by molar-refractivity contribution is 0.146. The van der Waals surface area contributed by atoms with Crippen molar-refractivity contribution in [3.05, 3.63) is 65.2 Å². The van der Waals surface area contributed by atoms with Crippen molar-refractivity contribution in [1.29, 1.82) is 0 Å². The first-order valence-corrected chi connectivity index (χ1v) is 7.46. The third-order valence-corrected chi connectivity index (χ3v) is 4.29. The molecular weight excluding hydrogens is 260 g/mol. The first-order chi connectivity index (χ1) is 10.1. The molecule has 110 valence electrons. The summed E-state index contributed by atoms with van der Waals surface area (Å²) < 4.78 is 0. The summed E-state index contributed by atoms with van der Waals surface area (Å²) >= 11 is 0. The summed E-state index contributed by atoms with van der Waals surface area (Å²) in [4.78, 5) is 2.25. The van der Waals surface area contributed by atoms with E-state index in [-0.39, 0.29) is 6.04 Å². The van der Waals surface area contributed by atoms with Gasteiger partial charge in [-0.15, -0.1) is 0 Å². The molecule has 0 fully saturated rings. The van der Waals surface area contributed by atoms with Crippen molar-refractivity contribution < 1.29 is 5.11 Å². The smallest absolute Gasteiger partial charge is 0.0944 e. The number of likely N-dealkylation sites (N-methyl/N-ethyl adjacent to an activating group) is 1. The molecule has 2 aromatic rings. The van der Waals surface area contributed by atoms with E-state index in [1.165, 1.54) is 11.3 Å². The molecule has 3 N–H and O–H groups in total. The van der Waals surface area contributed by atoms with Crippen molar-refractivity contribution in [2.24, 2.45) is 5.73 Å². The molecule has 21 heavy (non-hydrogen) atoms. The van der Waals surface area contributed by atoms with Gasteiger partial charge in [-0.25, -0.2) is 0 Å². The molecule has 0 saturated carbocycles. The zero-order valence-electron chi connectivity index (χ0n) is 12.4. The number of hydrogen-bond acceptors (Lipinski definition) is 3. The fraction of sp³-hybridized carbons (Fsp3) is 0.333. The second-order valence-corrected chi connectivity index (χ2v) is 5.86. The van der Waals surface area contributed by atoms with Gasteiger partial charge in [-0.2, -0.15) is 0 Å². The van der Waals surface area contributed by atoms with Crippen LogP contribution in [0.1, 0.15) is 22.8 Å². The molecule has 2 aromatic carbocycles.